The van der Waals surface area contributed by atoms with Gasteiger partial charge in [0, 0.05) is 38.8 Å². The number of nitrogens with zero attached hydrogens (tertiary/aromatic N) is 1. The molecule has 3 unspecified atom stereocenters. The first kappa shape index (κ1) is 16.2. The monoisotopic (exact) mass is 283 g/mol. The van der Waals surface area contributed by atoms with Crippen LogP contribution in [0.15, 0.2) is 0 Å². The second-order valence-corrected chi connectivity index (χ2v) is 6.51. The average molecular weight is 283 g/mol. The lowest BCUT2D eigenvalue weighted by molar-refractivity contribution is 0.157. The molecule has 3 atom stereocenters. The summed E-state index contributed by atoms with van der Waals surface area (Å²) in [5.74, 6) is 0.857. The van der Waals surface area contributed by atoms with E-state index in [-0.39, 0.29) is 0 Å². The molecule has 0 radical (unpaired) electrons. The highest BCUT2D eigenvalue weighted by Gasteiger charge is 2.32. The van der Waals surface area contributed by atoms with E-state index in [0.717, 1.165) is 44.2 Å². The summed E-state index contributed by atoms with van der Waals surface area (Å²) in [6.07, 6.45) is 8.36. The predicted molar refractivity (Wildman–Crippen MR) is 84.1 cm³/mol. The Morgan fingerprint density at radius 1 is 1.15 bits per heavy atom. The molecule has 2 aliphatic rings. The fourth-order valence-electron chi connectivity index (χ4n) is 3.77. The molecule has 1 aliphatic carbocycles. The van der Waals surface area contributed by atoms with Crippen LogP contribution in [0.2, 0.25) is 0 Å². The molecule has 4 nitrogen and oxygen atoms in total. The summed E-state index contributed by atoms with van der Waals surface area (Å²) in [7, 11) is 3.95. The number of hydrogen-bond acceptors (Lipinski definition) is 4. The Labute approximate surface area is 124 Å². The van der Waals surface area contributed by atoms with Gasteiger partial charge >= 0.3 is 0 Å². The summed E-state index contributed by atoms with van der Waals surface area (Å²) in [4.78, 5) is 2.35. The molecule has 2 rings (SSSR count). The van der Waals surface area contributed by atoms with E-state index >= 15 is 0 Å². The maximum Gasteiger partial charge on any atom is 0.0589 e. The highest BCUT2D eigenvalue weighted by molar-refractivity contribution is 4.91. The van der Waals surface area contributed by atoms with Crippen molar-refractivity contribution in [1.82, 2.24) is 15.5 Å². The molecule has 1 aliphatic heterocycles. The molecule has 1 saturated carbocycles. The molecule has 0 spiro atoms. The summed E-state index contributed by atoms with van der Waals surface area (Å²) in [5.41, 5.74) is 0. The zero-order valence-corrected chi connectivity index (χ0v) is 13.4. The first-order chi connectivity index (χ1) is 9.81. The van der Waals surface area contributed by atoms with Gasteiger partial charge in [0.05, 0.1) is 6.61 Å². The van der Waals surface area contributed by atoms with E-state index in [1.165, 1.54) is 45.1 Å². The minimum absolute atomic E-state index is 0.732. The van der Waals surface area contributed by atoms with Crippen LogP contribution in [0.5, 0.6) is 0 Å². The third-order valence-corrected chi connectivity index (χ3v) is 5.01. The molecule has 118 valence electrons. The van der Waals surface area contributed by atoms with Crippen LogP contribution in [0.25, 0.3) is 0 Å². The molecular formula is C16H33N3O. The minimum Gasteiger partial charge on any atom is -0.383 e. The van der Waals surface area contributed by atoms with Crippen molar-refractivity contribution in [1.29, 1.82) is 0 Å². The maximum atomic E-state index is 5.12. The highest BCUT2D eigenvalue weighted by atomic mass is 16.5. The van der Waals surface area contributed by atoms with Crippen LogP contribution < -0.4 is 10.6 Å². The van der Waals surface area contributed by atoms with Gasteiger partial charge in [0.2, 0.25) is 0 Å². The number of ether oxygens (including phenoxy) is 1. The van der Waals surface area contributed by atoms with Crippen LogP contribution in [-0.2, 0) is 4.74 Å². The van der Waals surface area contributed by atoms with Crippen LogP contribution in [0, 0.1) is 5.92 Å². The Balaban J connectivity index is 1.69. The Kier molecular flexibility index (Phi) is 7.28. The largest absolute Gasteiger partial charge is 0.383 e. The summed E-state index contributed by atoms with van der Waals surface area (Å²) in [6, 6.07) is 1.51. The predicted octanol–water partition coefficient (Wildman–Crippen LogP) is 1.47. The van der Waals surface area contributed by atoms with Gasteiger partial charge in [-0.05, 0) is 45.2 Å². The number of hydrogen-bond donors (Lipinski definition) is 2. The second-order valence-electron chi connectivity index (χ2n) is 6.51. The lowest BCUT2D eigenvalue weighted by Gasteiger charge is -2.36. The van der Waals surface area contributed by atoms with Gasteiger partial charge in [-0.1, -0.05) is 12.8 Å². The second kappa shape index (κ2) is 8.98. The summed E-state index contributed by atoms with van der Waals surface area (Å²) in [6.45, 7) is 5.30. The molecule has 2 N–H and O–H groups in total. The van der Waals surface area contributed by atoms with Gasteiger partial charge in [0.15, 0.2) is 0 Å². The van der Waals surface area contributed by atoms with Crippen molar-refractivity contribution in [2.24, 2.45) is 5.92 Å². The van der Waals surface area contributed by atoms with Crippen molar-refractivity contribution in [3.05, 3.63) is 0 Å². The van der Waals surface area contributed by atoms with Crippen molar-refractivity contribution >= 4 is 0 Å². The third kappa shape index (κ3) is 4.99. The zero-order chi connectivity index (χ0) is 14.2. The molecule has 0 aromatic carbocycles. The first-order valence-electron chi connectivity index (χ1n) is 8.45. The molecule has 0 bridgehead atoms. The summed E-state index contributed by atoms with van der Waals surface area (Å²) < 4.78 is 5.12. The smallest absolute Gasteiger partial charge is 0.0589 e. The molecule has 1 saturated heterocycles. The zero-order valence-electron chi connectivity index (χ0n) is 13.4. The van der Waals surface area contributed by atoms with Crippen LogP contribution in [0.4, 0.5) is 0 Å². The van der Waals surface area contributed by atoms with E-state index in [4.69, 9.17) is 4.74 Å². The Bertz CT molecular complexity index is 256. The number of nitrogens with one attached hydrogen (secondary N) is 2. The van der Waals surface area contributed by atoms with Crippen molar-refractivity contribution in [2.75, 3.05) is 46.9 Å². The molecule has 0 aromatic heterocycles. The summed E-state index contributed by atoms with van der Waals surface area (Å²) >= 11 is 0. The fourth-order valence-corrected chi connectivity index (χ4v) is 3.77. The van der Waals surface area contributed by atoms with E-state index < -0.39 is 0 Å². The van der Waals surface area contributed by atoms with Gasteiger partial charge in [0.1, 0.15) is 0 Å². The van der Waals surface area contributed by atoms with Gasteiger partial charge in [-0.15, -0.1) is 0 Å². The van der Waals surface area contributed by atoms with Crippen LogP contribution >= 0.6 is 0 Å². The Morgan fingerprint density at radius 3 is 2.75 bits per heavy atom. The number of likely N-dealkylation sites (N-methyl/N-ethyl adjacent to an activating group) is 1. The number of rotatable bonds is 8. The average Bonchev–Trinajstić information content (AvgIpc) is 2.99. The van der Waals surface area contributed by atoms with E-state index in [9.17, 15) is 0 Å². The quantitative estimate of drug-likeness (QED) is 0.707. The van der Waals surface area contributed by atoms with Gasteiger partial charge in [-0.3, -0.25) is 0 Å². The van der Waals surface area contributed by atoms with Gasteiger partial charge < -0.3 is 20.3 Å². The van der Waals surface area contributed by atoms with E-state index in [0.29, 0.717) is 0 Å². The Morgan fingerprint density at radius 2 is 2.00 bits per heavy atom. The molecule has 1 heterocycles. The van der Waals surface area contributed by atoms with Crippen molar-refractivity contribution < 1.29 is 4.74 Å². The first-order valence-corrected chi connectivity index (χ1v) is 8.45. The normalized spacial score (nSPS) is 31.1. The van der Waals surface area contributed by atoms with Gasteiger partial charge in [-0.2, -0.15) is 0 Å². The molecule has 2 fully saturated rings. The molecule has 4 heteroatoms. The maximum absolute atomic E-state index is 5.12. The van der Waals surface area contributed by atoms with Crippen LogP contribution in [0.1, 0.15) is 38.5 Å². The standard InChI is InChI=1S/C16H33N3O/c1-19(12-13-20-2)11-10-18-15-7-4-3-6-14(15)16-8-5-9-17-16/h14-18H,3-13H2,1-2H3. The van der Waals surface area contributed by atoms with Gasteiger partial charge in [-0.25, -0.2) is 0 Å². The van der Waals surface area contributed by atoms with E-state index in [1.54, 1.807) is 7.11 Å². The van der Waals surface area contributed by atoms with Gasteiger partial charge in [0.25, 0.3) is 0 Å². The lowest BCUT2D eigenvalue weighted by atomic mass is 9.79. The van der Waals surface area contributed by atoms with Crippen molar-refractivity contribution in [3.63, 3.8) is 0 Å². The Hall–Kier alpha value is -0.160. The summed E-state index contributed by atoms with van der Waals surface area (Å²) in [5, 5.41) is 7.55. The topological polar surface area (TPSA) is 36.5 Å². The molecule has 0 amide bonds. The van der Waals surface area contributed by atoms with E-state index in [1.807, 2.05) is 0 Å². The van der Waals surface area contributed by atoms with Crippen molar-refractivity contribution in [3.8, 4) is 0 Å². The lowest BCUT2D eigenvalue weighted by Crippen LogP contribution is -2.48. The molecule has 20 heavy (non-hydrogen) atoms. The number of methoxy groups -OCH3 is 1. The SMILES string of the molecule is COCCN(C)CCNC1CCCCC1C1CCCN1. The van der Waals surface area contributed by atoms with E-state index in [2.05, 4.69) is 22.6 Å². The minimum atomic E-state index is 0.732. The highest BCUT2D eigenvalue weighted by Crippen LogP contribution is 2.30. The third-order valence-electron chi connectivity index (χ3n) is 5.01. The fraction of sp³-hybridized carbons (Fsp3) is 1.00. The van der Waals surface area contributed by atoms with Crippen molar-refractivity contribution in [2.45, 2.75) is 50.6 Å². The molecule has 0 aromatic rings. The van der Waals surface area contributed by atoms with Crippen LogP contribution in [-0.4, -0.2) is 63.9 Å². The van der Waals surface area contributed by atoms with Crippen LogP contribution in [0.3, 0.4) is 0 Å². The molecular weight excluding hydrogens is 250 g/mol.